The van der Waals surface area contributed by atoms with Crippen molar-refractivity contribution < 1.29 is 19.0 Å². The number of rotatable bonds is 5. The smallest absolute Gasteiger partial charge is 0.337 e. The molecular weight excluding hydrogens is 258 g/mol. The summed E-state index contributed by atoms with van der Waals surface area (Å²) in [7, 11) is 2.92. The van der Waals surface area contributed by atoms with Gasteiger partial charge in [-0.2, -0.15) is 0 Å². The normalized spacial score (nSPS) is 18.4. The molecule has 1 aromatic rings. The fourth-order valence-corrected chi connectivity index (χ4v) is 2.31. The monoisotopic (exact) mass is 279 g/mol. The van der Waals surface area contributed by atoms with Gasteiger partial charge in [-0.05, 0) is 37.6 Å². The third-order valence-corrected chi connectivity index (χ3v) is 3.46. The number of hydrogen-bond donors (Lipinski definition) is 1. The first-order chi connectivity index (χ1) is 9.74. The highest BCUT2D eigenvalue weighted by Crippen LogP contribution is 2.29. The number of methoxy groups -OCH3 is 2. The zero-order valence-corrected chi connectivity index (χ0v) is 12.0. The van der Waals surface area contributed by atoms with Gasteiger partial charge in [-0.25, -0.2) is 4.79 Å². The second kappa shape index (κ2) is 7.14. The first kappa shape index (κ1) is 14.7. The van der Waals surface area contributed by atoms with E-state index in [0.717, 1.165) is 13.1 Å². The van der Waals surface area contributed by atoms with Crippen molar-refractivity contribution in [2.45, 2.75) is 12.8 Å². The highest BCUT2D eigenvalue weighted by Gasteiger charge is 2.16. The molecule has 5 nitrogen and oxygen atoms in total. The van der Waals surface area contributed by atoms with Gasteiger partial charge in [-0.3, -0.25) is 0 Å². The first-order valence-electron chi connectivity index (χ1n) is 6.84. The van der Waals surface area contributed by atoms with E-state index >= 15 is 0 Å². The van der Waals surface area contributed by atoms with E-state index in [9.17, 15) is 4.79 Å². The van der Waals surface area contributed by atoms with E-state index in [-0.39, 0.29) is 5.97 Å². The van der Waals surface area contributed by atoms with Gasteiger partial charge < -0.3 is 19.5 Å². The van der Waals surface area contributed by atoms with E-state index in [4.69, 9.17) is 9.47 Å². The maximum absolute atomic E-state index is 11.5. The molecule has 1 N–H and O–H groups in total. The van der Waals surface area contributed by atoms with Gasteiger partial charge in [0, 0.05) is 12.5 Å². The van der Waals surface area contributed by atoms with Crippen LogP contribution in [-0.4, -0.2) is 39.9 Å². The number of benzene rings is 1. The van der Waals surface area contributed by atoms with Crippen LogP contribution >= 0.6 is 0 Å². The number of esters is 1. The largest absolute Gasteiger partial charge is 0.493 e. The number of nitrogens with one attached hydrogen (secondary N) is 1. The second-order valence-electron chi connectivity index (χ2n) is 4.88. The van der Waals surface area contributed by atoms with Gasteiger partial charge >= 0.3 is 5.97 Å². The molecule has 2 rings (SSSR count). The predicted octanol–water partition coefficient (Wildman–Crippen LogP) is 1.86. The Morgan fingerprint density at radius 2 is 2.20 bits per heavy atom. The molecular formula is C15H21NO4. The Hall–Kier alpha value is -1.75. The maximum Gasteiger partial charge on any atom is 0.337 e. The summed E-state index contributed by atoms with van der Waals surface area (Å²) in [4.78, 5) is 11.5. The lowest BCUT2D eigenvalue weighted by molar-refractivity contribution is 0.0600. The Bertz CT molecular complexity index is 455. The molecule has 1 aliphatic heterocycles. The Kier molecular flexibility index (Phi) is 5.24. The highest BCUT2D eigenvalue weighted by molar-refractivity contribution is 5.90. The molecule has 110 valence electrons. The van der Waals surface area contributed by atoms with Crippen LogP contribution in [0.3, 0.4) is 0 Å². The summed E-state index contributed by atoms with van der Waals surface area (Å²) in [6.07, 6.45) is 2.36. The third kappa shape index (κ3) is 3.63. The summed E-state index contributed by atoms with van der Waals surface area (Å²) in [6.45, 7) is 2.73. The highest BCUT2D eigenvalue weighted by atomic mass is 16.5. The number of carbonyl (C=O) groups is 1. The summed E-state index contributed by atoms with van der Waals surface area (Å²) < 4.78 is 15.8. The van der Waals surface area contributed by atoms with Crippen LogP contribution in [-0.2, 0) is 4.74 Å². The molecule has 1 fully saturated rings. The SMILES string of the molecule is COC(=O)c1ccc(OCC2CCCNC2)c(OC)c1. The second-order valence-corrected chi connectivity index (χ2v) is 4.88. The van der Waals surface area contributed by atoms with Crippen LogP contribution in [0.1, 0.15) is 23.2 Å². The Balaban J connectivity index is 2.01. The average Bonchev–Trinajstić information content (AvgIpc) is 2.53. The van der Waals surface area contributed by atoms with E-state index < -0.39 is 0 Å². The molecule has 0 spiro atoms. The summed E-state index contributed by atoms with van der Waals surface area (Å²) in [5.74, 6) is 1.35. The fourth-order valence-electron chi connectivity index (χ4n) is 2.31. The van der Waals surface area contributed by atoms with E-state index in [1.165, 1.54) is 20.0 Å². The van der Waals surface area contributed by atoms with Crippen molar-refractivity contribution in [2.75, 3.05) is 33.9 Å². The molecule has 1 aromatic carbocycles. The topological polar surface area (TPSA) is 56.8 Å². The van der Waals surface area contributed by atoms with Gasteiger partial charge in [-0.15, -0.1) is 0 Å². The molecule has 20 heavy (non-hydrogen) atoms. The van der Waals surface area contributed by atoms with Crippen molar-refractivity contribution in [3.63, 3.8) is 0 Å². The van der Waals surface area contributed by atoms with Gasteiger partial charge in [0.1, 0.15) is 0 Å². The molecule has 0 saturated carbocycles. The van der Waals surface area contributed by atoms with Gasteiger partial charge in [0.2, 0.25) is 0 Å². The van der Waals surface area contributed by atoms with Gasteiger partial charge in [0.05, 0.1) is 26.4 Å². The molecule has 0 aromatic heterocycles. The van der Waals surface area contributed by atoms with Gasteiger partial charge in [0.25, 0.3) is 0 Å². The molecule has 5 heteroatoms. The van der Waals surface area contributed by atoms with Gasteiger partial charge in [0.15, 0.2) is 11.5 Å². The van der Waals surface area contributed by atoms with E-state index in [2.05, 4.69) is 10.1 Å². The lowest BCUT2D eigenvalue weighted by atomic mass is 10.0. The van der Waals surface area contributed by atoms with Crippen molar-refractivity contribution >= 4 is 5.97 Å². The maximum atomic E-state index is 11.5. The van der Waals surface area contributed by atoms with E-state index in [1.54, 1.807) is 25.3 Å². The minimum atomic E-state index is -0.383. The standard InChI is InChI=1S/C15H21NO4/c1-18-14-8-12(15(17)19-2)5-6-13(14)20-10-11-4-3-7-16-9-11/h5-6,8,11,16H,3-4,7,9-10H2,1-2H3. The van der Waals surface area contributed by atoms with Crippen LogP contribution in [0, 0.1) is 5.92 Å². The minimum absolute atomic E-state index is 0.383. The summed E-state index contributed by atoms with van der Waals surface area (Å²) in [5, 5.41) is 3.36. The van der Waals surface area contributed by atoms with E-state index in [0.29, 0.717) is 29.6 Å². The Morgan fingerprint density at radius 1 is 1.35 bits per heavy atom. The van der Waals surface area contributed by atoms with Crippen LogP contribution in [0.2, 0.25) is 0 Å². The van der Waals surface area contributed by atoms with Crippen molar-refractivity contribution in [1.29, 1.82) is 0 Å². The van der Waals surface area contributed by atoms with Crippen molar-refractivity contribution in [1.82, 2.24) is 5.32 Å². The van der Waals surface area contributed by atoms with Gasteiger partial charge in [-0.1, -0.05) is 0 Å². The average molecular weight is 279 g/mol. The lowest BCUT2D eigenvalue weighted by Gasteiger charge is -2.23. The van der Waals surface area contributed by atoms with Crippen molar-refractivity contribution in [3.8, 4) is 11.5 Å². The molecule has 1 unspecified atom stereocenters. The van der Waals surface area contributed by atoms with Crippen LogP contribution < -0.4 is 14.8 Å². The van der Waals surface area contributed by atoms with Crippen LogP contribution in [0.15, 0.2) is 18.2 Å². The zero-order valence-electron chi connectivity index (χ0n) is 12.0. The van der Waals surface area contributed by atoms with Crippen LogP contribution in [0.5, 0.6) is 11.5 Å². The molecule has 1 saturated heterocycles. The predicted molar refractivity (Wildman–Crippen MR) is 75.4 cm³/mol. The fraction of sp³-hybridized carbons (Fsp3) is 0.533. The Labute approximate surface area is 119 Å². The first-order valence-corrected chi connectivity index (χ1v) is 6.84. The summed E-state index contributed by atoms with van der Waals surface area (Å²) >= 11 is 0. The summed E-state index contributed by atoms with van der Waals surface area (Å²) in [5.41, 5.74) is 0.455. The number of ether oxygens (including phenoxy) is 3. The van der Waals surface area contributed by atoms with Crippen LogP contribution in [0.4, 0.5) is 0 Å². The summed E-state index contributed by atoms with van der Waals surface area (Å²) in [6, 6.07) is 5.07. The Morgan fingerprint density at radius 3 is 2.85 bits per heavy atom. The van der Waals surface area contributed by atoms with Crippen molar-refractivity contribution in [2.24, 2.45) is 5.92 Å². The molecule has 0 aliphatic carbocycles. The molecule has 0 amide bonds. The molecule has 1 aliphatic rings. The van der Waals surface area contributed by atoms with Crippen LogP contribution in [0.25, 0.3) is 0 Å². The molecule has 0 bridgehead atoms. The lowest BCUT2D eigenvalue weighted by Crippen LogP contribution is -2.33. The van der Waals surface area contributed by atoms with Crippen molar-refractivity contribution in [3.05, 3.63) is 23.8 Å². The van der Waals surface area contributed by atoms with E-state index in [1.807, 2.05) is 0 Å². The zero-order chi connectivity index (χ0) is 14.4. The number of hydrogen-bond acceptors (Lipinski definition) is 5. The number of carbonyl (C=O) groups excluding carboxylic acids is 1. The molecule has 1 heterocycles. The third-order valence-electron chi connectivity index (χ3n) is 3.46. The quantitative estimate of drug-likeness (QED) is 0.834. The minimum Gasteiger partial charge on any atom is -0.493 e. The number of piperidine rings is 1. The molecule has 1 atom stereocenters. The molecule has 0 radical (unpaired) electrons.